The number of hydrogen-bond acceptors (Lipinski definition) is 7. The van der Waals surface area contributed by atoms with E-state index in [1.807, 2.05) is 0 Å². The first kappa shape index (κ1) is 25.3. The van der Waals surface area contributed by atoms with E-state index in [1.54, 1.807) is 0 Å². The Hall–Kier alpha value is -1.73. The molecule has 1 heterocycles. The van der Waals surface area contributed by atoms with Crippen LogP contribution in [-0.4, -0.2) is 52.9 Å². The average Bonchev–Trinajstić information content (AvgIpc) is 2.99. The predicted octanol–water partition coefficient (Wildman–Crippen LogP) is 3.00. The van der Waals surface area contributed by atoms with E-state index in [2.05, 4.69) is 23.8 Å². The van der Waals surface area contributed by atoms with Crippen molar-refractivity contribution in [3.63, 3.8) is 0 Å². The van der Waals surface area contributed by atoms with Gasteiger partial charge in [0.1, 0.15) is 6.10 Å². The number of unbranched alkanes of at least 4 members (excludes halogenated alkanes) is 9. The summed E-state index contributed by atoms with van der Waals surface area (Å²) >= 11 is 0. The minimum atomic E-state index is -1.48. The van der Waals surface area contributed by atoms with Crippen LogP contribution in [0.25, 0.3) is 0 Å². The molecular formula is C22H36O7. The van der Waals surface area contributed by atoms with Gasteiger partial charge in [0, 0.05) is 6.42 Å². The van der Waals surface area contributed by atoms with E-state index >= 15 is 0 Å². The van der Waals surface area contributed by atoms with E-state index in [-0.39, 0.29) is 6.42 Å². The van der Waals surface area contributed by atoms with E-state index in [0.717, 1.165) is 32.1 Å². The van der Waals surface area contributed by atoms with Gasteiger partial charge in [0.05, 0.1) is 6.61 Å². The molecular weight excluding hydrogens is 376 g/mol. The summed E-state index contributed by atoms with van der Waals surface area (Å²) < 4.78 is 9.70. The van der Waals surface area contributed by atoms with Gasteiger partial charge in [-0.3, -0.25) is 9.59 Å². The number of esters is 2. The summed E-state index contributed by atoms with van der Waals surface area (Å²) in [6, 6.07) is 0. The van der Waals surface area contributed by atoms with E-state index in [9.17, 15) is 19.5 Å². The largest absolute Gasteiger partial charge is 0.450 e. The highest BCUT2D eigenvalue weighted by atomic mass is 16.6. The molecule has 0 bridgehead atoms. The molecule has 0 amide bonds. The van der Waals surface area contributed by atoms with Crippen molar-refractivity contribution in [1.82, 2.24) is 0 Å². The fraction of sp³-hybridized carbons (Fsp3) is 0.773. The summed E-state index contributed by atoms with van der Waals surface area (Å²) in [5.41, 5.74) is 0. The first-order chi connectivity index (χ1) is 14.0. The number of carbonyl (C=O) groups excluding carboxylic acids is 3. The fourth-order valence-corrected chi connectivity index (χ4v) is 3.20. The van der Waals surface area contributed by atoms with Crippen LogP contribution in [0.2, 0.25) is 0 Å². The maximum absolute atomic E-state index is 11.9. The number of cyclic esters (lactones) is 1. The Bertz CT molecular complexity index is 529. The third-order valence-electron chi connectivity index (χ3n) is 4.97. The first-order valence-corrected chi connectivity index (χ1v) is 10.9. The number of hydrogen-bond donors (Lipinski definition) is 2. The zero-order chi connectivity index (χ0) is 21.5. The van der Waals surface area contributed by atoms with Gasteiger partial charge in [0.15, 0.2) is 6.10 Å². The molecule has 1 aliphatic rings. The Balaban J connectivity index is 2.08. The molecule has 1 rings (SSSR count). The topological polar surface area (TPSA) is 110 Å². The Kier molecular flexibility index (Phi) is 13.2. The molecule has 7 heteroatoms. The second kappa shape index (κ2) is 15.2. The van der Waals surface area contributed by atoms with Crippen LogP contribution in [0.5, 0.6) is 0 Å². The minimum Gasteiger partial charge on any atom is -0.450 e. The van der Waals surface area contributed by atoms with Crippen molar-refractivity contribution in [2.24, 2.45) is 0 Å². The van der Waals surface area contributed by atoms with Crippen LogP contribution < -0.4 is 0 Å². The van der Waals surface area contributed by atoms with Crippen molar-refractivity contribution >= 4 is 17.7 Å². The zero-order valence-electron chi connectivity index (χ0n) is 17.5. The van der Waals surface area contributed by atoms with Gasteiger partial charge in [-0.2, -0.15) is 0 Å². The monoisotopic (exact) mass is 412 g/mol. The van der Waals surface area contributed by atoms with Crippen LogP contribution in [-0.2, 0) is 23.9 Å². The van der Waals surface area contributed by atoms with E-state index < -0.39 is 42.6 Å². The van der Waals surface area contributed by atoms with Gasteiger partial charge in [0.25, 0.3) is 5.78 Å². The fourth-order valence-electron chi connectivity index (χ4n) is 3.20. The first-order valence-electron chi connectivity index (χ1n) is 10.9. The predicted molar refractivity (Wildman–Crippen MR) is 108 cm³/mol. The number of ketones is 1. The van der Waals surface area contributed by atoms with Crippen LogP contribution in [0, 0.1) is 0 Å². The maximum atomic E-state index is 11.9. The van der Waals surface area contributed by atoms with Crippen molar-refractivity contribution in [3.8, 4) is 0 Å². The Morgan fingerprint density at radius 1 is 1.03 bits per heavy atom. The van der Waals surface area contributed by atoms with Gasteiger partial charge in [-0.05, 0) is 32.1 Å². The average molecular weight is 413 g/mol. The van der Waals surface area contributed by atoms with Gasteiger partial charge >= 0.3 is 11.9 Å². The Labute approximate surface area is 173 Å². The van der Waals surface area contributed by atoms with Crippen LogP contribution in [0.4, 0.5) is 0 Å². The quantitative estimate of drug-likeness (QED) is 0.173. The molecule has 0 spiro atoms. The standard InChI is InChI=1S/C22H36O7/c1-2-3-4-5-6-7-8-9-10-11-12-13-14-15-18(25)28-21-19(26)22(27)29-20(21)17(24)16-23/h7-8,17,20-21,23-24H,2-6,9-16H2,1H3/t17-,20+,21?/m0/s1. The third-order valence-corrected chi connectivity index (χ3v) is 4.97. The van der Waals surface area contributed by atoms with Crippen molar-refractivity contribution in [1.29, 1.82) is 0 Å². The van der Waals surface area contributed by atoms with Crippen LogP contribution in [0.3, 0.4) is 0 Å². The molecule has 7 nitrogen and oxygen atoms in total. The minimum absolute atomic E-state index is 0.136. The number of Topliss-reactive ketones (excluding diaryl/α,β-unsaturated/α-hetero) is 1. The second-order valence-corrected chi connectivity index (χ2v) is 7.52. The van der Waals surface area contributed by atoms with E-state index in [0.29, 0.717) is 6.42 Å². The number of aliphatic hydroxyl groups excluding tert-OH is 2. The van der Waals surface area contributed by atoms with E-state index in [4.69, 9.17) is 9.84 Å². The summed E-state index contributed by atoms with van der Waals surface area (Å²) in [5.74, 6) is -2.77. The molecule has 0 saturated carbocycles. The number of rotatable bonds is 16. The highest BCUT2D eigenvalue weighted by molar-refractivity contribution is 6.37. The van der Waals surface area contributed by atoms with Crippen molar-refractivity contribution in [3.05, 3.63) is 12.2 Å². The summed E-state index contributed by atoms with van der Waals surface area (Å²) in [4.78, 5) is 34.9. The summed E-state index contributed by atoms with van der Waals surface area (Å²) in [6.45, 7) is 1.51. The number of carbonyl (C=O) groups is 3. The van der Waals surface area contributed by atoms with Crippen LogP contribution in [0.1, 0.15) is 84.0 Å². The molecule has 166 valence electrons. The molecule has 2 N–H and O–H groups in total. The lowest BCUT2D eigenvalue weighted by atomic mass is 10.1. The summed E-state index contributed by atoms with van der Waals surface area (Å²) in [5, 5.41) is 18.6. The van der Waals surface area contributed by atoms with Crippen molar-refractivity contribution in [2.45, 2.75) is 102 Å². The zero-order valence-corrected chi connectivity index (χ0v) is 17.5. The Morgan fingerprint density at radius 3 is 2.24 bits per heavy atom. The lowest BCUT2D eigenvalue weighted by Crippen LogP contribution is -2.41. The van der Waals surface area contributed by atoms with Crippen LogP contribution >= 0.6 is 0 Å². The summed E-state index contributed by atoms with van der Waals surface area (Å²) in [6.07, 6.45) is 12.5. The number of ether oxygens (including phenoxy) is 2. The van der Waals surface area contributed by atoms with Crippen LogP contribution in [0.15, 0.2) is 12.2 Å². The van der Waals surface area contributed by atoms with Gasteiger partial charge in [-0.15, -0.1) is 0 Å². The molecule has 1 aliphatic heterocycles. The third kappa shape index (κ3) is 10.0. The lowest BCUT2D eigenvalue weighted by molar-refractivity contribution is -0.160. The SMILES string of the molecule is CCCCCCC=CCCCCCCCC(=O)OC1C(=O)C(=O)O[C@@H]1[C@@H](O)CO. The molecule has 29 heavy (non-hydrogen) atoms. The van der Waals surface area contributed by atoms with Crippen molar-refractivity contribution < 1.29 is 34.1 Å². The van der Waals surface area contributed by atoms with Gasteiger partial charge in [-0.25, -0.2) is 4.79 Å². The normalized spacial score (nSPS) is 20.2. The molecule has 0 aromatic carbocycles. The van der Waals surface area contributed by atoms with Gasteiger partial charge in [0.2, 0.25) is 6.10 Å². The van der Waals surface area contributed by atoms with Gasteiger partial charge < -0.3 is 19.7 Å². The second-order valence-electron chi connectivity index (χ2n) is 7.52. The molecule has 1 saturated heterocycles. The molecule has 0 aromatic rings. The molecule has 0 aromatic heterocycles. The highest BCUT2D eigenvalue weighted by Crippen LogP contribution is 2.20. The molecule has 1 fully saturated rings. The maximum Gasteiger partial charge on any atom is 0.379 e. The van der Waals surface area contributed by atoms with E-state index in [1.165, 1.54) is 32.1 Å². The van der Waals surface area contributed by atoms with Gasteiger partial charge in [-0.1, -0.05) is 57.6 Å². The van der Waals surface area contributed by atoms with Crippen molar-refractivity contribution in [2.75, 3.05) is 6.61 Å². The molecule has 0 aliphatic carbocycles. The smallest absolute Gasteiger partial charge is 0.379 e. The lowest BCUT2D eigenvalue weighted by Gasteiger charge is -2.20. The molecule has 1 unspecified atom stereocenters. The molecule has 0 radical (unpaired) electrons. The number of allylic oxidation sites excluding steroid dienone is 2. The summed E-state index contributed by atoms with van der Waals surface area (Å²) in [7, 11) is 0. The Morgan fingerprint density at radius 2 is 1.62 bits per heavy atom. The number of aliphatic hydroxyl groups is 2. The molecule has 3 atom stereocenters. The highest BCUT2D eigenvalue weighted by Gasteiger charge is 2.49.